The molecule has 1 aliphatic rings. The quantitative estimate of drug-likeness (QED) is 0.521. The van der Waals surface area contributed by atoms with Gasteiger partial charge in [0.15, 0.2) is 0 Å². The number of aromatic hydroxyl groups is 1. The largest absolute Gasteiger partial charge is 0.507 e. The van der Waals surface area contributed by atoms with Gasteiger partial charge in [0.1, 0.15) is 23.0 Å². The van der Waals surface area contributed by atoms with Gasteiger partial charge in [-0.15, -0.1) is 0 Å². The van der Waals surface area contributed by atoms with Crippen molar-refractivity contribution in [2.75, 3.05) is 21.3 Å². The summed E-state index contributed by atoms with van der Waals surface area (Å²) in [4.78, 5) is 4.95. The van der Waals surface area contributed by atoms with Crippen LogP contribution in [-0.2, 0) is 0 Å². The van der Waals surface area contributed by atoms with E-state index in [1.54, 1.807) is 39.5 Å². The van der Waals surface area contributed by atoms with Crippen LogP contribution < -0.4 is 19.5 Å². The van der Waals surface area contributed by atoms with Crippen molar-refractivity contribution in [2.45, 2.75) is 0 Å². The molecule has 1 heterocycles. The first-order valence-electron chi connectivity index (χ1n) is 10.6. The van der Waals surface area contributed by atoms with E-state index < -0.39 is 0 Å². The number of hydrogen-bond donors (Lipinski definition) is 2. The van der Waals surface area contributed by atoms with Crippen LogP contribution in [0.1, 0.15) is 16.7 Å². The molecule has 0 saturated carbocycles. The van der Waals surface area contributed by atoms with E-state index in [0.29, 0.717) is 34.0 Å². The van der Waals surface area contributed by atoms with E-state index in [9.17, 15) is 5.11 Å². The second-order valence-corrected chi connectivity index (χ2v) is 7.56. The number of ether oxygens (including phenoxy) is 3. The first kappa shape index (κ1) is 22.7. The molecule has 0 spiro atoms. The van der Waals surface area contributed by atoms with Gasteiger partial charge in [-0.05, 0) is 72.3 Å². The molecule has 3 aromatic rings. The van der Waals surface area contributed by atoms with Crippen LogP contribution in [0.4, 0.5) is 0 Å². The number of hydrogen-bond acceptors (Lipinski definition) is 6. The van der Waals surface area contributed by atoms with Crippen LogP contribution in [0.2, 0.25) is 0 Å². The van der Waals surface area contributed by atoms with Crippen molar-refractivity contribution in [3.8, 4) is 23.0 Å². The maximum atomic E-state index is 10.6. The third-order valence-electron chi connectivity index (χ3n) is 5.46. The van der Waals surface area contributed by atoms with Gasteiger partial charge in [0, 0.05) is 34.7 Å². The SMILES string of the molecule is C=C1/C=C(/c2ccc(OC)cc2O)N/C=C(/c2ccc(OC)cc2)N=C1c1ccc(OC)cc1. The summed E-state index contributed by atoms with van der Waals surface area (Å²) in [6.45, 7) is 4.28. The van der Waals surface area contributed by atoms with Gasteiger partial charge in [-0.1, -0.05) is 6.58 Å². The van der Waals surface area contributed by atoms with Crippen LogP contribution in [0.15, 0.2) is 96.2 Å². The third-order valence-corrected chi connectivity index (χ3v) is 5.46. The molecule has 0 fully saturated rings. The van der Waals surface area contributed by atoms with Crippen LogP contribution in [0.5, 0.6) is 23.0 Å². The predicted molar refractivity (Wildman–Crippen MR) is 135 cm³/mol. The Morgan fingerprint density at radius 1 is 0.765 bits per heavy atom. The second kappa shape index (κ2) is 10.0. The first-order valence-corrected chi connectivity index (χ1v) is 10.6. The topological polar surface area (TPSA) is 72.3 Å². The maximum Gasteiger partial charge on any atom is 0.128 e. The molecule has 34 heavy (non-hydrogen) atoms. The lowest BCUT2D eigenvalue weighted by atomic mass is 9.99. The molecule has 3 aromatic carbocycles. The van der Waals surface area contributed by atoms with Crippen LogP contribution in [0.25, 0.3) is 11.4 Å². The minimum atomic E-state index is 0.0915. The minimum Gasteiger partial charge on any atom is -0.507 e. The number of allylic oxidation sites excluding steroid dienone is 2. The number of rotatable bonds is 6. The third kappa shape index (κ3) is 4.81. The van der Waals surface area contributed by atoms with Gasteiger partial charge < -0.3 is 24.6 Å². The Balaban J connectivity index is 1.83. The highest BCUT2D eigenvalue weighted by Crippen LogP contribution is 2.31. The van der Waals surface area contributed by atoms with E-state index in [4.69, 9.17) is 19.2 Å². The summed E-state index contributed by atoms with van der Waals surface area (Å²) in [7, 11) is 4.83. The van der Waals surface area contributed by atoms with Crippen molar-refractivity contribution >= 4 is 17.1 Å². The monoisotopic (exact) mass is 454 g/mol. The molecule has 2 N–H and O–H groups in total. The number of methoxy groups -OCH3 is 3. The lowest BCUT2D eigenvalue weighted by Gasteiger charge is -2.18. The highest BCUT2D eigenvalue weighted by atomic mass is 16.5. The summed E-state index contributed by atoms with van der Waals surface area (Å²) in [5.74, 6) is 2.18. The second-order valence-electron chi connectivity index (χ2n) is 7.56. The number of phenols is 1. The summed E-state index contributed by atoms with van der Waals surface area (Å²) in [6, 6.07) is 20.5. The maximum absolute atomic E-state index is 10.6. The van der Waals surface area contributed by atoms with E-state index in [2.05, 4.69) is 11.9 Å². The Bertz CT molecular complexity index is 1290. The molecule has 0 saturated heterocycles. The van der Waals surface area contributed by atoms with Gasteiger partial charge in [-0.3, -0.25) is 0 Å². The Hall–Kier alpha value is -4.45. The van der Waals surface area contributed by atoms with E-state index in [1.807, 2.05) is 60.8 Å². The predicted octanol–water partition coefficient (Wildman–Crippen LogP) is 5.41. The zero-order valence-corrected chi connectivity index (χ0v) is 19.3. The van der Waals surface area contributed by atoms with Crippen LogP contribution in [0.3, 0.4) is 0 Å². The minimum absolute atomic E-state index is 0.0915. The van der Waals surface area contributed by atoms with Crippen LogP contribution in [0, 0.1) is 0 Å². The Morgan fingerprint density at radius 2 is 1.32 bits per heavy atom. The molecule has 172 valence electrons. The average Bonchev–Trinajstić information content (AvgIpc) is 2.87. The summed E-state index contributed by atoms with van der Waals surface area (Å²) in [6.07, 6.45) is 3.68. The van der Waals surface area contributed by atoms with Crippen LogP contribution >= 0.6 is 0 Å². The summed E-state index contributed by atoms with van der Waals surface area (Å²) in [5, 5.41) is 13.9. The molecule has 6 heteroatoms. The van der Waals surface area contributed by atoms with Gasteiger partial charge in [0.05, 0.1) is 32.7 Å². The Morgan fingerprint density at radius 3 is 1.88 bits per heavy atom. The van der Waals surface area contributed by atoms with Gasteiger partial charge >= 0.3 is 0 Å². The van der Waals surface area contributed by atoms with Gasteiger partial charge in [0.2, 0.25) is 0 Å². The number of aliphatic imine (C=N–C) groups is 1. The van der Waals surface area contributed by atoms with Crippen molar-refractivity contribution in [3.63, 3.8) is 0 Å². The number of nitrogens with zero attached hydrogens (tertiary/aromatic N) is 1. The van der Waals surface area contributed by atoms with Crippen molar-refractivity contribution in [3.05, 3.63) is 108 Å². The fraction of sp³-hybridized carbons (Fsp3) is 0.107. The standard InChI is InChI=1S/C28H26N2O4/c1-18-15-25(24-14-13-23(34-4)16-27(24)31)29-17-26(19-5-9-21(32-2)10-6-19)30-28(18)20-7-11-22(33-3)12-8-20/h5-17,29,31H,1H2,2-4H3/b25-15-,26-17-,30-28?. The smallest absolute Gasteiger partial charge is 0.128 e. The number of phenolic OH excluding ortho intramolecular Hbond substituents is 1. The molecule has 0 aromatic heterocycles. The number of nitrogens with one attached hydrogen (secondary N) is 1. The van der Waals surface area contributed by atoms with Crippen molar-refractivity contribution in [2.24, 2.45) is 4.99 Å². The zero-order valence-electron chi connectivity index (χ0n) is 19.3. The molecule has 0 bridgehead atoms. The summed E-state index contributed by atoms with van der Waals surface area (Å²) < 4.78 is 15.8. The highest BCUT2D eigenvalue weighted by Gasteiger charge is 2.16. The molecule has 0 amide bonds. The lowest BCUT2D eigenvalue weighted by Crippen LogP contribution is -2.12. The van der Waals surface area contributed by atoms with E-state index >= 15 is 0 Å². The number of benzene rings is 3. The van der Waals surface area contributed by atoms with E-state index in [0.717, 1.165) is 22.6 Å². The lowest BCUT2D eigenvalue weighted by molar-refractivity contribution is 0.407. The molecule has 0 unspecified atom stereocenters. The first-order chi connectivity index (χ1) is 16.5. The van der Waals surface area contributed by atoms with E-state index in [-0.39, 0.29) is 5.75 Å². The molecule has 0 atom stereocenters. The average molecular weight is 455 g/mol. The molecule has 4 rings (SSSR count). The molecule has 6 nitrogen and oxygen atoms in total. The Labute approximate surface area is 199 Å². The van der Waals surface area contributed by atoms with Gasteiger partial charge in [-0.25, -0.2) is 4.99 Å². The molecule has 1 aliphatic heterocycles. The Kier molecular flexibility index (Phi) is 6.69. The van der Waals surface area contributed by atoms with Crippen molar-refractivity contribution < 1.29 is 19.3 Å². The van der Waals surface area contributed by atoms with Gasteiger partial charge in [0.25, 0.3) is 0 Å². The summed E-state index contributed by atoms with van der Waals surface area (Å²) >= 11 is 0. The van der Waals surface area contributed by atoms with E-state index in [1.165, 1.54) is 0 Å². The van der Waals surface area contributed by atoms with Crippen molar-refractivity contribution in [1.29, 1.82) is 0 Å². The van der Waals surface area contributed by atoms with Crippen molar-refractivity contribution in [1.82, 2.24) is 5.32 Å². The molecular formula is C28H26N2O4. The molecule has 0 radical (unpaired) electrons. The summed E-state index contributed by atoms with van der Waals surface area (Å²) in [5.41, 5.74) is 5.17. The zero-order chi connectivity index (χ0) is 24.1. The normalized spacial score (nSPS) is 16.6. The fourth-order valence-electron chi connectivity index (χ4n) is 3.59. The fourth-order valence-corrected chi connectivity index (χ4v) is 3.59. The van der Waals surface area contributed by atoms with Gasteiger partial charge in [-0.2, -0.15) is 0 Å². The van der Waals surface area contributed by atoms with Crippen LogP contribution in [-0.4, -0.2) is 32.1 Å². The highest BCUT2D eigenvalue weighted by molar-refractivity contribution is 6.17. The molecular weight excluding hydrogens is 428 g/mol. The molecule has 0 aliphatic carbocycles.